The molecule has 1 atom stereocenters. The van der Waals surface area contributed by atoms with Crippen molar-refractivity contribution in [3.8, 4) is 0 Å². The van der Waals surface area contributed by atoms with Crippen LogP contribution in [0.25, 0.3) is 0 Å². The van der Waals surface area contributed by atoms with Gasteiger partial charge in [-0.25, -0.2) is 12.8 Å². The normalized spacial score (nSPS) is 19.9. The number of nitrogens with zero attached hydrogens (tertiary/aromatic N) is 1. The summed E-state index contributed by atoms with van der Waals surface area (Å²) in [4.78, 5) is 13.6. The number of halogens is 2. The summed E-state index contributed by atoms with van der Waals surface area (Å²) < 4.78 is 36.2. The Kier molecular flexibility index (Phi) is 4.34. The third-order valence-electron chi connectivity index (χ3n) is 3.52. The molecule has 1 fully saturated rings. The van der Waals surface area contributed by atoms with Crippen LogP contribution in [0.5, 0.6) is 0 Å². The van der Waals surface area contributed by atoms with Gasteiger partial charge in [0.05, 0.1) is 10.5 Å². The van der Waals surface area contributed by atoms with Crippen molar-refractivity contribution in [2.45, 2.75) is 37.1 Å². The SMILES string of the molecule is CC1CCCCN1C(=O)c1ccc(S(=O)(=O)Cl)cc1F. The molecule has 0 radical (unpaired) electrons. The molecule has 0 aromatic heterocycles. The molecule has 1 heterocycles. The molecule has 4 nitrogen and oxygen atoms in total. The van der Waals surface area contributed by atoms with Crippen LogP contribution < -0.4 is 0 Å². The number of amides is 1. The molecule has 1 aromatic rings. The lowest BCUT2D eigenvalue weighted by Gasteiger charge is -2.33. The second-order valence-corrected chi connectivity index (χ2v) is 7.49. The van der Waals surface area contributed by atoms with Gasteiger partial charge >= 0.3 is 0 Å². The molecule has 0 bridgehead atoms. The molecule has 0 spiro atoms. The molecule has 1 saturated heterocycles. The van der Waals surface area contributed by atoms with E-state index in [2.05, 4.69) is 0 Å². The summed E-state index contributed by atoms with van der Waals surface area (Å²) in [7, 11) is 1.15. The van der Waals surface area contributed by atoms with Gasteiger partial charge in [0.15, 0.2) is 0 Å². The minimum atomic E-state index is -4.00. The predicted octanol–water partition coefficient (Wildman–Crippen LogP) is 2.77. The third kappa shape index (κ3) is 3.12. The standard InChI is InChI=1S/C13H15ClFNO3S/c1-9-4-2-3-7-16(9)13(17)11-6-5-10(8-12(11)15)20(14,18)19/h5-6,8-9H,2-4,7H2,1H3. The van der Waals surface area contributed by atoms with Crippen LogP contribution in [0.1, 0.15) is 36.5 Å². The maximum absolute atomic E-state index is 13.9. The fourth-order valence-corrected chi connectivity index (χ4v) is 3.14. The number of piperidine rings is 1. The van der Waals surface area contributed by atoms with Crippen molar-refractivity contribution in [3.05, 3.63) is 29.6 Å². The number of benzene rings is 1. The fourth-order valence-electron chi connectivity index (χ4n) is 2.38. The first-order valence-electron chi connectivity index (χ1n) is 6.36. The van der Waals surface area contributed by atoms with Gasteiger partial charge in [0.25, 0.3) is 15.0 Å². The summed E-state index contributed by atoms with van der Waals surface area (Å²) in [5.41, 5.74) is -0.122. The fraction of sp³-hybridized carbons (Fsp3) is 0.462. The number of hydrogen-bond acceptors (Lipinski definition) is 3. The molecule has 0 aliphatic carbocycles. The van der Waals surface area contributed by atoms with Crippen molar-refractivity contribution in [1.82, 2.24) is 4.90 Å². The number of carbonyl (C=O) groups excluding carboxylic acids is 1. The Balaban J connectivity index is 2.31. The highest BCUT2D eigenvalue weighted by atomic mass is 35.7. The van der Waals surface area contributed by atoms with Gasteiger partial charge in [-0.05, 0) is 44.4 Å². The van der Waals surface area contributed by atoms with Crippen LogP contribution in [0.3, 0.4) is 0 Å². The molecule has 2 rings (SSSR count). The van der Waals surface area contributed by atoms with Crippen molar-refractivity contribution in [2.75, 3.05) is 6.54 Å². The molecule has 1 aliphatic rings. The van der Waals surface area contributed by atoms with Gasteiger partial charge in [0.1, 0.15) is 5.82 Å². The van der Waals surface area contributed by atoms with Crippen molar-refractivity contribution in [2.24, 2.45) is 0 Å². The largest absolute Gasteiger partial charge is 0.336 e. The van der Waals surface area contributed by atoms with E-state index in [1.807, 2.05) is 6.92 Å². The molecule has 1 unspecified atom stereocenters. The van der Waals surface area contributed by atoms with Crippen LogP contribution >= 0.6 is 10.7 Å². The minimum Gasteiger partial charge on any atom is -0.336 e. The highest BCUT2D eigenvalue weighted by molar-refractivity contribution is 8.13. The molecule has 0 N–H and O–H groups in total. The van der Waals surface area contributed by atoms with E-state index in [-0.39, 0.29) is 16.5 Å². The van der Waals surface area contributed by atoms with E-state index >= 15 is 0 Å². The molecule has 1 aromatic carbocycles. The Morgan fingerprint density at radius 1 is 1.40 bits per heavy atom. The van der Waals surface area contributed by atoms with E-state index < -0.39 is 20.8 Å². The van der Waals surface area contributed by atoms with Gasteiger partial charge in [-0.3, -0.25) is 4.79 Å². The van der Waals surface area contributed by atoms with Crippen molar-refractivity contribution in [1.29, 1.82) is 0 Å². The molecule has 1 amide bonds. The monoisotopic (exact) mass is 319 g/mol. The second-order valence-electron chi connectivity index (χ2n) is 4.92. The summed E-state index contributed by atoms with van der Waals surface area (Å²) in [6, 6.07) is 3.16. The third-order valence-corrected chi connectivity index (χ3v) is 4.87. The zero-order valence-electron chi connectivity index (χ0n) is 11.0. The average molecular weight is 320 g/mol. The van der Waals surface area contributed by atoms with Gasteiger partial charge in [-0.15, -0.1) is 0 Å². The zero-order chi connectivity index (χ0) is 14.9. The van der Waals surface area contributed by atoms with E-state index in [4.69, 9.17) is 10.7 Å². The van der Waals surface area contributed by atoms with Crippen LogP contribution in [0, 0.1) is 5.82 Å². The molecule has 0 saturated carbocycles. The summed E-state index contributed by atoms with van der Waals surface area (Å²) in [5, 5.41) is 0. The number of likely N-dealkylation sites (tertiary alicyclic amines) is 1. The lowest BCUT2D eigenvalue weighted by molar-refractivity contribution is 0.0630. The first kappa shape index (κ1) is 15.3. The maximum Gasteiger partial charge on any atom is 0.261 e. The zero-order valence-corrected chi connectivity index (χ0v) is 12.5. The lowest BCUT2D eigenvalue weighted by atomic mass is 10.0. The summed E-state index contributed by atoms with van der Waals surface area (Å²) in [5.74, 6) is -1.28. The number of rotatable bonds is 2. The molecule has 110 valence electrons. The maximum atomic E-state index is 13.9. The minimum absolute atomic E-state index is 0.0621. The Morgan fingerprint density at radius 3 is 2.65 bits per heavy atom. The van der Waals surface area contributed by atoms with Gasteiger partial charge in [-0.2, -0.15) is 0 Å². The van der Waals surface area contributed by atoms with E-state index in [0.717, 1.165) is 31.4 Å². The molecular formula is C13H15ClFNO3S. The quantitative estimate of drug-likeness (QED) is 0.788. The highest BCUT2D eigenvalue weighted by Gasteiger charge is 2.26. The molecular weight excluding hydrogens is 305 g/mol. The van der Waals surface area contributed by atoms with E-state index in [1.165, 1.54) is 6.07 Å². The highest BCUT2D eigenvalue weighted by Crippen LogP contribution is 2.23. The van der Waals surface area contributed by atoms with Gasteiger partial charge in [-0.1, -0.05) is 0 Å². The lowest BCUT2D eigenvalue weighted by Crippen LogP contribution is -2.42. The Hall–Kier alpha value is -1.14. The average Bonchev–Trinajstić information content (AvgIpc) is 2.37. The van der Waals surface area contributed by atoms with Crippen LogP contribution in [0.2, 0.25) is 0 Å². The Morgan fingerprint density at radius 2 is 2.10 bits per heavy atom. The first-order chi connectivity index (χ1) is 9.30. The van der Waals surface area contributed by atoms with Crippen molar-refractivity contribution in [3.63, 3.8) is 0 Å². The van der Waals surface area contributed by atoms with E-state index in [1.54, 1.807) is 4.90 Å². The Bertz CT molecular complexity index is 633. The number of hydrogen-bond donors (Lipinski definition) is 0. The van der Waals surface area contributed by atoms with E-state index in [9.17, 15) is 17.6 Å². The van der Waals surface area contributed by atoms with Gasteiger partial charge in [0.2, 0.25) is 0 Å². The summed E-state index contributed by atoms with van der Waals surface area (Å²) in [6.07, 6.45) is 2.84. The van der Waals surface area contributed by atoms with Crippen molar-refractivity contribution >= 4 is 25.6 Å². The topological polar surface area (TPSA) is 54.5 Å². The Labute approximate surface area is 121 Å². The smallest absolute Gasteiger partial charge is 0.261 e. The van der Waals surface area contributed by atoms with Gasteiger partial charge < -0.3 is 4.90 Å². The van der Waals surface area contributed by atoms with Crippen molar-refractivity contribution < 1.29 is 17.6 Å². The predicted molar refractivity (Wildman–Crippen MR) is 73.8 cm³/mol. The first-order valence-corrected chi connectivity index (χ1v) is 8.67. The van der Waals surface area contributed by atoms with Crippen LogP contribution in [-0.4, -0.2) is 31.8 Å². The van der Waals surface area contributed by atoms with E-state index in [0.29, 0.717) is 6.54 Å². The number of carbonyl (C=O) groups is 1. The molecule has 20 heavy (non-hydrogen) atoms. The molecule has 7 heteroatoms. The van der Waals surface area contributed by atoms with Crippen LogP contribution in [-0.2, 0) is 9.05 Å². The summed E-state index contributed by atoms with van der Waals surface area (Å²) in [6.45, 7) is 2.52. The summed E-state index contributed by atoms with van der Waals surface area (Å²) >= 11 is 0. The van der Waals surface area contributed by atoms with Gasteiger partial charge in [0, 0.05) is 23.3 Å². The van der Waals surface area contributed by atoms with Crippen LogP contribution in [0.4, 0.5) is 4.39 Å². The second kappa shape index (κ2) is 5.69. The van der Waals surface area contributed by atoms with Crippen LogP contribution in [0.15, 0.2) is 23.1 Å². The molecule has 1 aliphatic heterocycles.